The number of morpholine rings is 1. The number of nitrogens with one attached hydrogen (secondary N) is 2. The van der Waals surface area contributed by atoms with Crippen molar-refractivity contribution < 1.29 is 14.1 Å². The number of benzene rings is 1. The first-order chi connectivity index (χ1) is 12.3. The number of hydrogen-bond donors (Lipinski definition) is 2. The molecule has 2 aliphatic heterocycles. The molecule has 0 radical (unpaired) electrons. The van der Waals surface area contributed by atoms with E-state index in [1.165, 1.54) is 0 Å². The number of ether oxygens (including phenoxy) is 2. The molecule has 0 spiro atoms. The zero-order valence-electron chi connectivity index (χ0n) is 13.9. The van der Waals surface area contributed by atoms with Gasteiger partial charge in [0.2, 0.25) is 0 Å². The predicted molar refractivity (Wildman–Crippen MR) is 98.0 cm³/mol. The Bertz CT molecular complexity index is 740. The number of anilines is 2. The van der Waals surface area contributed by atoms with Gasteiger partial charge in [0, 0.05) is 26.2 Å². The van der Waals surface area contributed by atoms with Crippen LogP contribution in [0.1, 0.15) is 12.8 Å². The monoisotopic (exact) mass is 363 g/mol. The van der Waals surface area contributed by atoms with Gasteiger partial charge in [0.15, 0.2) is 16.1 Å². The van der Waals surface area contributed by atoms with E-state index < -0.39 is 0 Å². The summed E-state index contributed by atoms with van der Waals surface area (Å²) in [7, 11) is 0. The van der Waals surface area contributed by atoms with E-state index in [1.54, 1.807) is 0 Å². The molecule has 0 bridgehead atoms. The Kier molecular flexibility index (Phi) is 4.95. The Balaban J connectivity index is 1.46. The van der Waals surface area contributed by atoms with Gasteiger partial charge < -0.3 is 25.0 Å². The van der Waals surface area contributed by atoms with Crippen molar-refractivity contribution in [1.82, 2.24) is 15.6 Å². The van der Waals surface area contributed by atoms with Crippen LogP contribution in [0.5, 0.6) is 0 Å². The van der Waals surface area contributed by atoms with Crippen LogP contribution in [0.2, 0.25) is 0 Å². The Morgan fingerprint density at radius 2 is 2.04 bits per heavy atom. The minimum atomic E-state index is 0.234. The summed E-state index contributed by atoms with van der Waals surface area (Å²) in [5.74, 6) is 0. The Hall–Kier alpha value is -1.97. The zero-order chi connectivity index (χ0) is 17.1. The highest BCUT2D eigenvalue weighted by Gasteiger charge is 2.20. The molecule has 3 heterocycles. The largest absolute Gasteiger partial charge is 0.378 e. The van der Waals surface area contributed by atoms with Crippen LogP contribution in [0, 0.1) is 0 Å². The van der Waals surface area contributed by atoms with Gasteiger partial charge in [-0.15, -0.1) is 0 Å². The lowest BCUT2D eigenvalue weighted by molar-refractivity contribution is 0.114. The minimum absolute atomic E-state index is 0.234. The van der Waals surface area contributed by atoms with E-state index in [4.69, 9.17) is 26.3 Å². The number of aromatic nitrogens is 2. The molecule has 2 aromatic rings. The third-order valence-electron chi connectivity index (χ3n) is 4.51. The third kappa shape index (κ3) is 3.68. The maximum atomic E-state index is 5.59. The van der Waals surface area contributed by atoms with Gasteiger partial charge in [0.05, 0.1) is 30.7 Å². The molecule has 1 unspecified atom stereocenters. The number of thiocarbonyl (C=S) groups is 1. The van der Waals surface area contributed by atoms with Gasteiger partial charge >= 0.3 is 0 Å². The van der Waals surface area contributed by atoms with E-state index in [9.17, 15) is 0 Å². The van der Waals surface area contributed by atoms with Crippen LogP contribution in [0.3, 0.4) is 0 Å². The summed E-state index contributed by atoms with van der Waals surface area (Å²) in [5, 5.41) is 15.0. The van der Waals surface area contributed by atoms with Gasteiger partial charge in [-0.1, -0.05) is 0 Å². The molecule has 8 nitrogen and oxygen atoms in total. The van der Waals surface area contributed by atoms with E-state index >= 15 is 0 Å². The smallest absolute Gasteiger partial charge is 0.170 e. The highest BCUT2D eigenvalue weighted by Crippen LogP contribution is 2.30. The molecule has 2 aliphatic rings. The molecule has 0 aliphatic carbocycles. The SMILES string of the molecule is S=C(NCC1CCCO1)Nc1ccc(N2CCOCC2)c2nonc12. The summed E-state index contributed by atoms with van der Waals surface area (Å²) in [6.07, 6.45) is 2.42. The van der Waals surface area contributed by atoms with Crippen LogP contribution in [0.15, 0.2) is 16.8 Å². The van der Waals surface area contributed by atoms with Gasteiger partial charge in [-0.25, -0.2) is 4.63 Å². The normalized spacial score (nSPS) is 20.8. The molecule has 4 rings (SSSR count). The van der Waals surface area contributed by atoms with Crippen molar-refractivity contribution in [1.29, 1.82) is 0 Å². The topological polar surface area (TPSA) is 84.7 Å². The Labute approximate surface area is 150 Å². The summed E-state index contributed by atoms with van der Waals surface area (Å²) in [6, 6.07) is 3.97. The second-order valence-electron chi connectivity index (χ2n) is 6.16. The molecular weight excluding hydrogens is 342 g/mol. The van der Waals surface area contributed by atoms with E-state index in [1.807, 2.05) is 12.1 Å². The van der Waals surface area contributed by atoms with E-state index in [-0.39, 0.29) is 6.10 Å². The molecular formula is C16H21N5O3S. The fraction of sp³-hybridized carbons (Fsp3) is 0.562. The molecule has 25 heavy (non-hydrogen) atoms. The van der Waals surface area contributed by atoms with Crippen LogP contribution < -0.4 is 15.5 Å². The first-order valence-electron chi connectivity index (χ1n) is 8.56. The van der Waals surface area contributed by atoms with Gasteiger partial charge in [-0.2, -0.15) is 0 Å². The molecule has 1 aromatic heterocycles. The highest BCUT2D eigenvalue weighted by atomic mass is 32.1. The summed E-state index contributed by atoms with van der Waals surface area (Å²) in [4.78, 5) is 2.23. The van der Waals surface area contributed by atoms with Gasteiger partial charge in [-0.3, -0.25) is 0 Å². The van der Waals surface area contributed by atoms with Crippen molar-refractivity contribution in [2.24, 2.45) is 0 Å². The molecule has 2 fully saturated rings. The van der Waals surface area contributed by atoms with Gasteiger partial charge in [-0.05, 0) is 47.5 Å². The number of hydrogen-bond acceptors (Lipinski definition) is 7. The predicted octanol–water partition coefficient (Wildman–Crippen LogP) is 1.52. The van der Waals surface area contributed by atoms with Gasteiger partial charge in [0.1, 0.15) is 0 Å². The number of fused-ring (bicyclic) bond motifs is 1. The fourth-order valence-corrected chi connectivity index (χ4v) is 3.39. The van der Waals surface area contributed by atoms with Crippen molar-refractivity contribution in [3.05, 3.63) is 12.1 Å². The second kappa shape index (κ2) is 7.51. The average molecular weight is 363 g/mol. The molecule has 2 saturated heterocycles. The summed E-state index contributed by atoms with van der Waals surface area (Å²) >= 11 is 5.38. The molecule has 0 amide bonds. The maximum Gasteiger partial charge on any atom is 0.170 e. The molecule has 134 valence electrons. The molecule has 0 saturated carbocycles. The van der Waals surface area contributed by atoms with Crippen molar-refractivity contribution in [2.45, 2.75) is 18.9 Å². The quantitative estimate of drug-likeness (QED) is 0.785. The highest BCUT2D eigenvalue weighted by molar-refractivity contribution is 7.80. The average Bonchev–Trinajstić information content (AvgIpc) is 3.33. The first-order valence-corrected chi connectivity index (χ1v) is 8.96. The van der Waals surface area contributed by atoms with Gasteiger partial charge in [0.25, 0.3) is 0 Å². The van der Waals surface area contributed by atoms with Crippen LogP contribution >= 0.6 is 12.2 Å². The van der Waals surface area contributed by atoms with E-state index in [0.717, 1.165) is 49.4 Å². The van der Waals surface area contributed by atoms with E-state index in [0.29, 0.717) is 30.4 Å². The van der Waals surface area contributed by atoms with Crippen LogP contribution in [-0.4, -0.2) is 61.0 Å². The van der Waals surface area contributed by atoms with Crippen LogP contribution in [-0.2, 0) is 9.47 Å². The van der Waals surface area contributed by atoms with Crippen molar-refractivity contribution >= 4 is 39.7 Å². The molecule has 9 heteroatoms. The zero-order valence-corrected chi connectivity index (χ0v) is 14.7. The van der Waals surface area contributed by atoms with Crippen molar-refractivity contribution in [3.8, 4) is 0 Å². The Morgan fingerprint density at radius 3 is 2.84 bits per heavy atom. The van der Waals surface area contributed by atoms with Crippen molar-refractivity contribution in [3.63, 3.8) is 0 Å². The fourth-order valence-electron chi connectivity index (χ4n) is 3.19. The van der Waals surface area contributed by atoms with Crippen molar-refractivity contribution in [2.75, 3.05) is 49.7 Å². The standard InChI is InChI=1S/C16H21N5O3S/c25-16(17-10-11-2-1-7-23-11)18-12-3-4-13(15-14(12)19-24-20-15)21-5-8-22-9-6-21/h3-4,11H,1-2,5-10H2,(H2,17,18,25). The van der Waals surface area contributed by atoms with Crippen LogP contribution in [0.4, 0.5) is 11.4 Å². The second-order valence-corrected chi connectivity index (χ2v) is 6.57. The summed E-state index contributed by atoms with van der Waals surface area (Å²) < 4.78 is 16.0. The van der Waals surface area contributed by atoms with E-state index in [2.05, 4.69) is 25.8 Å². The van der Waals surface area contributed by atoms with Crippen LogP contribution in [0.25, 0.3) is 11.0 Å². The molecule has 1 aromatic carbocycles. The maximum absolute atomic E-state index is 5.59. The number of rotatable bonds is 4. The summed E-state index contributed by atoms with van der Waals surface area (Å²) in [6.45, 7) is 4.62. The third-order valence-corrected chi connectivity index (χ3v) is 4.75. The first kappa shape index (κ1) is 16.5. The summed E-state index contributed by atoms with van der Waals surface area (Å²) in [5.41, 5.74) is 3.18. The lowest BCUT2D eigenvalue weighted by Crippen LogP contribution is -2.36. The minimum Gasteiger partial charge on any atom is -0.378 e. The lowest BCUT2D eigenvalue weighted by Gasteiger charge is -2.28. The molecule has 2 N–H and O–H groups in total. The molecule has 1 atom stereocenters. The number of nitrogens with zero attached hydrogens (tertiary/aromatic N) is 3. The lowest BCUT2D eigenvalue weighted by atomic mass is 10.2. The Morgan fingerprint density at radius 1 is 1.20 bits per heavy atom.